The van der Waals surface area contributed by atoms with Gasteiger partial charge in [-0.25, -0.2) is 4.68 Å². The van der Waals surface area contributed by atoms with Crippen molar-refractivity contribution >= 4 is 23.5 Å². The number of anilines is 1. The maximum atomic E-state index is 6.18. The van der Waals surface area contributed by atoms with Crippen LogP contribution in [0.2, 0.25) is 5.02 Å². The highest BCUT2D eigenvalue weighted by Crippen LogP contribution is 2.28. The fourth-order valence-corrected chi connectivity index (χ4v) is 3.87. The van der Waals surface area contributed by atoms with Crippen LogP contribution in [0.5, 0.6) is 0 Å². The van der Waals surface area contributed by atoms with Crippen molar-refractivity contribution < 1.29 is 0 Å². The van der Waals surface area contributed by atoms with Crippen molar-refractivity contribution in [2.24, 2.45) is 5.10 Å². The zero-order valence-electron chi connectivity index (χ0n) is 18.7. The fraction of sp³-hybridized carbons (Fsp3) is 0.0345. The highest BCUT2D eigenvalue weighted by atomic mass is 35.5. The van der Waals surface area contributed by atoms with E-state index in [0.29, 0.717) is 5.02 Å². The van der Waals surface area contributed by atoms with Gasteiger partial charge in [0.2, 0.25) is 0 Å². The molecule has 0 unspecified atom stereocenters. The van der Waals surface area contributed by atoms with E-state index in [9.17, 15) is 0 Å². The zero-order chi connectivity index (χ0) is 23.3. The fourth-order valence-electron chi connectivity index (χ4n) is 3.69. The first kappa shape index (κ1) is 21.7. The van der Waals surface area contributed by atoms with Gasteiger partial charge in [0.05, 0.1) is 29.0 Å². The van der Waals surface area contributed by atoms with Crippen molar-refractivity contribution in [3.05, 3.63) is 125 Å². The van der Waals surface area contributed by atoms with Crippen molar-refractivity contribution in [3.8, 4) is 28.2 Å². The lowest BCUT2D eigenvalue weighted by atomic mass is 10.1. The van der Waals surface area contributed by atoms with E-state index >= 15 is 0 Å². The molecular weight excluding hydrogens is 440 g/mol. The molecule has 0 amide bonds. The Labute approximate surface area is 204 Å². The summed E-state index contributed by atoms with van der Waals surface area (Å²) in [7, 11) is 0. The molecule has 0 radical (unpaired) electrons. The van der Waals surface area contributed by atoms with Gasteiger partial charge in [0.25, 0.3) is 0 Å². The summed E-state index contributed by atoms with van der Waals surface area (Å²) in [6, 6.07) is 36.6. The minimum absolute atomic E-state index is 0.716. The molecule has 1 aromatic heterocycles. The Morgan fingerprint density at radius 2 is 1.47 bits per heavy atom. The lowest BCUT2D eigenvalue weighted by molar-refractivity contribution is 0.892. The van der Waals surface area contributed by atoms with Crippen LogP contribution in [0.25, 0.3) is 28.2 Å². The molecule has 166 valence electrons. The number of nitrogens with one attached hydrogen (secondary N) is 1. The van der Waals surface area contributed by atoms with Gasteiger partial charge in [-0.1, -0.05) is 90.5 Å². The Balaban J connectivity index is 1.42. The van der Waals surface area contributed by atoms with Gasteiger partial charge in [-0.05, 0) is 48.4 Å². The molecule has 0 saturated carbocycles. The van der Waals surface area contributed by atoms with Crippen LogP contribution >= 0.6 is 11.6 Å². The van der Waals surface area contributed by atoms with E-state index in [2.05, 4.69) is 53.0 Å². The average Bonchev–Trinajstić information content (AvgIpc) is 3.33. The molecule has 1 heterocycles. The lowest BCUT2D eigenvalue weighted by Gasteiger charge is -2.08. The summed E-state index contributed by atoms with van der Waals surface area (Å²) in [6.45, 7) is 1.97. The number of hydrogen-bond donors (Lipinski definition) is 1. The summed E-state index contributed by atoms with van der Waals surface area (Å²) in [5.41, 5.74) is 11.1. The molecule has 0 atom stereocenters. The van der Waals surface area contributed by atoms with Gasteiger partial charge in [-0.3, -0.25) is 5.43 Å². The second-order valence-electron chi connectivity index (χ2n) is 7.98. The third kappa shape index (κ3) is 4.77. The van der Waals surface area contributed by atoms with E-state index in [1.807, 2.05) is 78.3 Å². The van der Waals surface area contributed by atoms with Crippen LogP contribution in [0.15, 0.2) is 114 Å². The monoisotopic (exact) mass is 462 g/mol. The van der Waals surface area contributed by atoms with Crippen LogP contribution < -0.4 is 5.43 Å². The topological polar surface area (TPSA) is 42.2 Å². The Hall–Kier alpha value is -4.15. The molecule has 0 aliphatic carbocycles. The van der Waals surface area contributed by atoms with Gasteiger partial charge in [0.1, 0.15) is 0 Å². The van der Waals surface area contributed by atoms with E-state index < -0.39 is 0 Å². The molecule has 0 fully saturated rings. The van der Waals surface area contributed by atoms with Crippen molar-refractivity contribution in [2.75, 3.05) is 5.43 Å². The minimum Gasteiger partial charge on any atom is -0.278 e. The van der Waals surface area contributed by atoms with Crippen LogP contribution in [-0.4, -0.2) is 16.0 Å². The first-order valence-electron chi connectivity index (χ1n) is 11.0. The van der Waals surface area contributed by atoms with Crippen LogP contribution in [0.4, 0.5) is 5.69 Å². The van der Waals surface area contributed by atoms with E-state index in [0.717, 1.165) is 45.0 Å². The van der Waals surface area contributed by atoms with Crippen LogP contribution in [0.3, 0.4) is 0 Å². The summed E-state index contributed by atoms with van der Waals surface area (Å²) in [5.74, 6) is 0. The number of hydrazone groups is 1. The second-order valence-corrected chi connectivity index (χ2v) is 8.39. The van der Waals surface area contributed by atoms with Gasteiger partial charge in [-0.2, -0.15) is 10.2 Å². The van der Waals surface area contributed by atoms with E-state index in [4.69, 9.17) is 16.7 Å². The number of nitrogens with zero attached hydrogens (tertiary/aromatic N) is 3. The van der Waals surface area contributed by atoms with Gasteiger partial charge in [0.15, 0.2) is 0 Å². The first-order chi connectivity index (χ1) is 16.7. The Bertz CT molecular complexity index is 1420. The normalized spacial score (nSPS) is 11.1. The summed E-state index contributed by atoms with van der Waals surface area (Å²) >= 11 is 6.18. The number of benzene rings is 4. The summed E-state index contributed by atoms with van der Waals surface area (Å²) in [5, 5.41) is 9.99. The zero-order valence-corrected chi connectivity index (χ0v) is 19.4. The van der Waals surface area contributed by atoms with Crippen molar-refractivity contribution in [3.63, 3.8) is 0 Å². The molecule has 5 rings (SSSR count). The molecule has 4 nitrogen and oxygen atoms in total. The third-order valence-corrected chi connectivity index (χ3v) is 5.97. The van der Waals surface area contributed by atoms with E-state index in [1.165, 1.54) is 0 Å². The number of halogens is 1. The van der Waals surface area contributed by atoms with Crippen molar-refractivity contribution in [1.82, 2.24) is 9.78 Å². The lowest BCUT2D eigenvalue weighted by Crippen LogP contribution is -1.99. The van der Waals surface area contributed by atoms with Gasteiger partial charge >= 0.3 is 0 Å². The number of aromatic nitrogens is 2. The predicted octanol–water partition coefficient (Wildman–Crippen LogP) is 7.61. The van der Waals surface area contributed by atoms with Crippen molar-refractivity contribution in [2.45, 2.75) is 6.92 Å². The summed E-state index contributed by atoms with van der Waals surface area (Å²) in [4.78, 5) is 0. The predicted molar refractivity (Wildman–Crippen MR) is 142 cm³/mol. The molecule has 5 heteroatoms. The van der Waals surface area contributed by atoms with Crippen LogP contribution in [-0.2, 0) is 0 Å². The molecule has 1 N–H and O–H groups in total. The molecule has 0 bridgehead atoms. The third-order valence-electron chi connectivity index (χ3n) is 5.57. The second kappa shape index (κ2) is 9.77. The van der Waals surface area contributed by atoms with E-state index in [1.54, 1.807) is 6.21 Å². The molecule has 0 spiro atoms. The van der Waals surface area contributed by atoms with E-state index in [-0.39, 0.29) is 0 Å². The highest BCUT2D eigenvalue weighted by Gasteiger charge is 2.13. The molecule has 0 saturated heterocycles. The molecule has 0 aliphatic heterocycles. The molecule has 4 aromatic carbocycles. The van der Waals surface area contributed by atoms with Gasteiger partial charge in [-0.15, -0.1) is 0 Å². The largest absolute Gasteiger partial charge is 0.278 e. The average molecular weight is 463 g/mol. The molecule has 5 aromatic rings. The van der Waals surface area contributed by atoms with Gasteiger partial charge < -0.3 is 0 Å². The molecular formula is C29H23ClN4. The highest BCUT2D eigenvalue weighted by molar-refractivity contribution is 6.31. The summed E-state index contributed by atoms with van der Waals surface area (Å²) < 4.78 is 1.99. The molecule has 34 heavy (non-hydrogen) atoms. The standard InChI is InChI=1S/C29H23ClN4/c1-21-12-15-25(18-27(21)30)32-31-20-22-13-16-26(17-14-22)34-29(24-10-6-3-7-11-24)19-28(33-34)23-8-4-2-5-9-23/h2-20,32H,1H3. The quantitative estimate of drug-likeness (QED) is 0.208. The smallest absolute Gasteiger partial charge is 0.0934 e. The Kier molecular flexibility index (Phi) is 6.23. The van der Waals surface area contributed by atoms with Gasteiger partial charge in [0, 0.05) is 16.1 Å². The maximum Gasteiger partial charge on any atom is 0.0934 e. The Morgan fingerprint density at radius 3 is 2.15 bits per heavy atom. The maximum absolute atomic E-state index is 6.18. The first-order valence-corrected chi connectivity index (χ1v) is 11.4. The number of rotatable bonds is 6. The SMILES string of the molecule is Cc1ccc(NN=Cc2ccc(-n3nc(-c4ccccc4)cc3-c3ccccc3)cc2)cc1Cl. The summed E-state index contributed by atoms with van der Waals surface area (Å²) in [6.07, 6.45) is 1.79. The molecule has 0 aliphatic rings. The minimum atomic E-state index is 0.716. The number of aryl methyl sites for hydroxylation is 1. The van der Waals surface area contributed by atoms with Crippen LogP contribution in [0, 0.1) is 6.92 Å². The Morgan fingerprint density at radius 1 is 0.794 bits per heavy atom. The van der Waals surface area contributed by atoms with Crippen LogP contribution in [0.1, 0.15) is 11.1 Å². The number of hydrogen-bond acceptors (Lipinski definition) is 3. The van der Waals surface area contributed by atoms with Crippen molar-refractivity contribution in [1.29, 1.82) is 0 Å².